The monoisotopic (exact) mass is 408 g/mol. The van der Waals surface area contributed by atoms with Crippen LogP contribution >= 0.6 is 11.6 Å². The molecule has 0 radical (unpaired) electrons. The molecule has 1 aromatic heterocycles. The van der Waals surface area contributed by atoms with Crippen molar-refractivity contribution in [3.05, 3.63) is 17.4 Å². The zero-order valence-electron chi connectivity index (χ0n) is 16.3. The van der Waals surface area contributed by atoms with Gasteiger partial charge in [0.1, 0.15) is 5.82 Å². The van der Waals surface area contributed by atoms with Gasteiger partial charge in [-0.05, 0) is 30.5 Å². The minimum absolute atomic E-state index is 0.132. The quantitative estimate of drug-likeness (QED) is 0.705. The normalized spacial score (nSPS) is 14.9. The van der Waals surface area contributed by atoms with Crippen LogP contribution in [0.4, 0.5) is 5.82 Å². The number of anilines is 1. The van der Waals surface area contributed by atoms with Crippen LogP contribution in [0, 0.1) is 0 Å². The van der Waals surface area contributed by atoms with E-state index in [9.17, 15) is 4.79 Å². The summed E-state index contributed by atoms with van der Waals surface area (Å²) in [6, 6.07) is 3.81. The van der Waals surface area contributed by atoms with Crippen LogP contribution in [0.1, 0.15) is 19.3 Å². The number of methoxy groups -OCH3 is 3. The fourth-order valence-electron chi connectivity index (χ4n) is 3.35. The maximum Gasteiger partial charge on any atom is 0.224 e. The van der Waals surface area contributed by atoms with Gasteiger partial charge in [0.05, 0.1) is 32.8 Å². The topological polar surface area (TPSA) is 85.8 Å². The van der Waals surface area contributed by atoms with Gasteiger partial charge in [-0.3, -0.25) is 4.79 Å². The summed E-state index contributed by atoms with van der Waals surface area (Å²) in [4.78, 5) is 22.7. The molecule has 2 aromatic rings. The van der Waals surface area contributed by atoms with Gasteiger partial charge in [0.15, 0.2) is 11.5 Å². The number of hydrogen-bond acceptors (Lipinski definition) is 7. The molecule has 0 atom stereocenters. The number of nitrogens with one attached hydrogen (secondary N) is 1. The van der Waals surface area contributed by atoms with Crippen molar-refractivity contribution in [3.8, 4) is 11.5 Å². The summed E-state index contributed by atoms with van der Waals surface area (Å²) in [6.45, 7) is 1.86. The zero-order chi connectivity index (χ0) is 20.1. The summed E-state index contributed by atoms with van der Waals surface area (Å²) in [5.74, 6) is 1.97. The number of fused-ring (bicyclic) bond motifs is 1. The molecule has 0 spiro atoms. The Labute approximate surface area is 169 Å². The number of likely N-dealkylation sites (tertiary alicyclic amines) is 1. The fraction of sp³-hybridized carbons (Fsp3) is 0.526. The van der Waals surface area contributed by atoms with Crippen molar-refractivity contribution in [2.45, 2.75) is 25.3 Å². The van der Waals surface area contributed by atoms with Gasteiger partial charge in [0.25, 0.3) is 0 Å². The highest BCUT2D eigenvalue weighted by Crippen LogP contribution is 2.35. The van der Waals surface area contributed by atoms with Crippen LogP contribution in [-0.4, -0.2) is 67.8 Å². The molecule has 1 aliphatic rings. The molecule has 1 saturated heterocycles. The van der Waals surface area contributed by atoms with Crippen LogP contribution in [0.2, 0.25) is 5.28 Å². The van der Waals surface area contributed by atoms with E-state index in [1.54, 1.807) is 27.4 Å². The van der Waals surface area contributed by atoms with Gasteiger partial charge in [-0.1, -0.05) is 0 Å². The van der Waals surface area contributed by atoms with Gasteiger partial charge in [-0.15, -0.1) is 0 Å². The second kappa shape index (κ2) is 9.25. The Bertz CT molecular complexity index is 840. The number of piperidine rings is 1. The van der Waals surface area contributed by atoms with Crippen molar-refractivity contribution in [1.29, 1.82) is 0 Å². The van der Waals surface area contributed by atoms with E-state index in [-0.39, 0.29) is 17.2 Å². The number of aromatic nitrogens is 2. The predicted octanol–water partition coefficient (Wildman–Crippen LogP) is 2.74. The van der Waals surface area contributed by atoms with Crippen molar-refractivity contribution in [1.82, 2.24) is 14.9 Å². The Balaban J connectivity index is 1.75. The minimum atomic E-state index is 0.132. The van der Waals surface area contributed by atoms with Crippen molar-refractivity contribution in [2.24, 2.45) is 0 Å². The number of ether oxygens (including phenoxy) is 3. The smallest absolute Gasteiger partial charge is 0.224 e. The third kappa shape index (κ3) is 4.56. The average molecular weight is 409 g/mol. The molecule has 3 rings (SSSR count). The minimum Gasteiger partial charge on any atom is -0.493 e. The molecular weight excluding hydrogens is 384 g/mol. The number of carbonyl (C=O) groups is 1. The number of hydrogen-bond donors (Lipinski definition) is 1. The van der Waals surface area contributed by atoms with Gasteiger partial charge < -0.3 is 24.4 Å². The van der Waals surface area contributed by atoms with Gasteiger partial charge in [0, 0.05) is 37.7 Å². The van der Waals surface area contributed by atoms with Crippen LogP contribution < -0.4 is 14.8 Å². The van der Waals surface area contributed by atoms with E-state index in [0.717, 1.165) is 18.2 Å². The molecule has 0 aliphatic carbocycles. The number of halogens is 1. The largest absolute Gasteiger partial charge is 0.493 e. The predicted molar refractivity (Wildman–Crippen MR) is 107 cm³/mol. The molecule has 0 saturated carbocycles. The maximum absolute atomic E-state index is 12.1. The summed E-state index contributed by atoms with van der Waals surface area (Å²) >= 11 is 6.12. The SMILES string of the molecule is COCCC(=O)N1CCC(Nc2nc(Cl)nc3cc(OC)c(OC)cc23)CC1. The Morgan fingerprint density at radius 2 is 1.86 bits per heavy atom. The van der Waals surface area contributed by atoms with E-state index >= 15 is 0 Å². The Morgan fingerprint density at radius 1 is 1.18 bits per heavy atom. The van der Waals surface area contributed by atoms with Gasteiger partial charge in [-0.2, -0.15) is 0 Å². The lowest BCUT2D eigenvalue weighted by Gasteiger charge is -2.33. The fourth-order valence-corrected chi connectivity index (χ4v) is 3.53. The number of amides is 1. The lowest BCUT2D eigenvalue weighted by molar-refractivity contribution is -0.133. The Kier molecular flexibility index (Phi) is 6.74. The third-order valence-corrected chi connectivity index (χ3v) is 5.05. The highest BCUT2D eigenvalue weighted by Gasteiger charge is 2.23. The van der Waals surface area contributed by atoms with Crippen molar-refractivity contribution < 1.29 is 19.0 Å². The van der Waals surface area contributed by atoms with E-state index in [4.69, 9.17) is 25.8 Å². The van der Waals surface area contributed by atoms with E-state index in [2.05, 4.69) is 15.3 Å². The number of nitrogens with zero attached hydrogens (tertiary/aromatic N) is 3. The van der Waals surface area contributed by atoms with E-state index in [1.165, 1.54) is 0 Å². The molecule has 28 heavy (non-hydrogen) atoms. The third-order valence-electron chi connectivity index (χ3n) is 4.88. The summed E-state index contributed by atoms with van der Waals surface area (Å²) in [7, 11) is 4.77. The number of carbonyl (C=O) groups excluding carboxylic acids is 1. The van der Waals surface area contributed by atoms with Crippen molar-refractivity contribution >= 4 is 34.2 Å². The number of benzene rings is 1. The second-order valence-corrected chi connectivity index (χ2v) is 6.95. The second-order valence-electron chi connectivity index (χ2n) is 6.61. The molecule has 1 aromatic carbocycles. The molecule has 152 valence electrons. The van der Waals surface area contributed by atoms with Crippen LogP contribution in [0.3, 0.4) is 0 Å². The van der Waals surface area contributed by atoms with Crippen molar-refractivity contribution in [3.63, 3.8) is 0 Å². The molecule has 1 aliphatic heterocycles. The van der Waals surface area contributed by atoms with E-state index in [0.29, 0.717) is 49.0 Å². The van der Waals surface area contributed by atoms with Crippen LogP contribution in [0.15, 0.2) is 12.1 Å². The zero-order valence-corrected chi connectivity index (χ0v) is 17.1. The standard InChI is InChI=1S/C19H25ClN4O4/c1-26-9-6-17(25)24-7-4-12(5-8-24)21-18-13-10-15(27-2)16(28-3)11-14(13)22-19(20)23-18/h10-12H,4-9H2,1-3H3,(H,21,22,23). The molecule has 9 heteroatoms. The van der Waals surface area contributed by atoms with E-state index < -0.39 is 0 Å². The summed E-state index contributed by atoms with van der Waals surface area (Å²) in [6.07, 6.45) is 2.08. The molecule has 8 nitrogen and oxygen atoms in total. The highest BCUT2D eigenvalue weighted by molar-refractivity contribution is 6.28. The Hall–Kier alpha value is -2.32. The van der Waals surface area contributed by atoms with Crippen LogP contribution in [-0.2, 0) is 9.53 Å². The van der Waals surface area contributed by atoms with Crippen LogP contribution in [0.25, 0.3) is 10.9 Å². The molecule has 0 bridgehead atoms. The first-order chi connectivity index (χ1) is 13.5. The summed E-state index contributed by atoms with van der Waals surface area (Å²) in [5.41, 5.74) is 0.673. The lowest BCUT2D eigenvalue weighted by Crippen LogP contribution is -2.42. The van der Waals surface area contributed by atoms with Gasteiger partial charge in [0.2, 0.25) is 11.2 Å². The number of rotatable bonds is 7. The van der Waals surface area contributed by atoms with E-state index in [1.807, 2.05) is 11.0 Å². The first-order valence-electron chi connectivity index (χ1n) is 9.18. The first kappa shape index (κ1) is 20.4. The maximum atomic E-state index is 12.1. The molecule has 1 amide bonds. The van der Waals surface area contributed by atoms with Gasteiger partial charge >= 0.3 is 0 Å². The lowest BCUT2D eigenvalue weighted by atomic mass is 10.0. The van der Waals surface area contributed by atoms with Crippen LogP contribution in [0.5, 0.6) is 11.5 Å². The Morgan fingerprint density at radius 3 is 2.50 bits per heavy atom. The molecule has 1 N–H and O–H groups in total. The molecule has 0 unspecified atom stereocenters. The van der Waals surface area contributed by atoms with Crippen molar-refractivity contribution in [2.75, 3.05) is 46.3 Å². The first-order valence-corrected chi connectivity index (χ1v) is 9.56. The van der Waals surface area contributed by atoms with Gasteiger partial charge in [-0.25, -0.2) is 9.97 Å². The summed E-state index contributed by atoms with van der Waals surface area (Å²) < 4.78 is 15.7. The highest BCUT2D eigenvalue weighted by atomic mass is 35.5. The molecule has 2 heterocycles. The summed E-state index contributed by atoms with van der Waals surface area (Å²) in [5, 5.41) is 4.43. The average Bonchev–Trinajstić information content (AvgIpc) is 2.71. The molecule has 1 fully saturated rings. The molecular formula is C19H25ClN4O4.